The molecule has 0 saturated carbocycles. The van der Waals surface area contributed by atoms with E-state index in [-0.39, 0.29) is 12.3 Å². The molecule has 0 fully saturated rings. The standard InChI is InChI=1S/C20H22N2O2S/c1-12-6-9-16(24-5)15(10-12)11-17(23)21-20-22(4)18-13(2)7-8-14(3)19(18)25-20/h6-10H,11H2,1-5H3. The van der Waals surface area contributed by atoms with Crippen molar-refractivity contribution in [2.24, 2.45) is 12.0 Å². The minimum absolute atomic E-state index is 0.165. The van der Waals surface area contributed by atoms with E-state index < -0.39 is 0 Å². The Morgan fingerprint density at radius 3 is 2.56 bits per heavy atom. The lowest BCUT2D eigenvalue weighted by atomic mass is 10.1. The number of hydrogen-bond acceptors (Lipinski definition) is 3. The van der Waals surface area contributed by atoms with Crippen molar-refractivity contribution in [1.82, 2.24) is 4.57 Å². The zero-order chi connectivity index (χ0) is 18.1. The Labute approximate surface area is 151 Å². The highest BCUT2D eigenvalue weighted by molar-refractivity contribution is 7.16. The van der Waals surface area contributed by atoms with E-state index in [1.165, 1.54) is 15.8 Å². The number of carbonyl (C=O) groups is 1. The van der Waals surface area contributed by atoms with Crippen molar-refractivity contribution in [2.45, 2.75) is 27.2 Å². The van der Waals surface area contributed by atoms with Gasteiger partial charge in [-0.15, -0.1) is 0 Å². The molecule has 2 aromatic carbocycles. The van der Waals surface area contributed by atoms with E-state index in [1.54, 1.807) is 18.4 Å². The normalized spacial score (nSPS) is 12.0. The van der Waals surface area contributed by atoms with Gasteiger partial charge in [-0.05, 0) is 38.0 Å². The van der Waals surface area contributed by atoms with E-state index >= 15 is 0 Å². The quantitative estimate of drug-likeness (QED) is 0.717. The van der Waals surface area contributed by atoms with Gasteiger partial charge in [-0.3, -0.25) is 4.79 Å². The van der Waals surface area contributed by atoms with Gasteiger partial charge >= 0.3 is 0 Å². The molecule has 1 heterocycles. The fourth-order valence-electron chi connectivity index (χ4n) is 3.02. The smallest absolute Gasteiger partial charge is 0.252 e. The molecule has 3 rings (SSSR count). The van der Waals surface area contributed by atoms with Crippen LogP contribution in [0, 0.1) is 20.8 Å². The molecular weight excluding hydrogens is 332 g/mol. The van der Waals surface area contributed by atoms with Crippen LogP contribution in [-0.2, 0) is 18.3 Å². The summed E-state index contributed by atoms with van der Waals surface area (Å²) in [7, 11) is 3.58. The van der Waals surface area contributed by atoms with Gasteiger partial charge in [-0.2, -0.15) is 4.99 Å². The van der Waals surface area contributed by atoms with Crippen molar-refractivity contribution in [2.75, 3.05) is 7.11 Å². The zero-order valence-electron chi connectivity index (χ0n) is 15.2. The summed E-state index contributed by atoms with van der Waals surface area (Å²) in [6, 6.07) is 10.1. The van der Waals surface area contributed by atoms with Gasteiger partial charge in [0.25, 0.3) is 5.91 Å². The minimum atomic E-state index is -0.165. The summed E-state index contributed by atoms with van der Waals surface area (Å²) in [5.41, 5.74) is 5.50. The van der Waals surface area contributed by atoms with Crippen molar-refractivity contribution < 1.29 is 9.53 Å². The van der Waals surface area contributed by atoms with Crippen LogP contribution in [0.5, 0.6) is 5.75 Å². The number of amides is 1. The van der Waals surface area contributed by atoms with Crippen LogP contribution in [0.1, 0.15) is 22.3 Å². The first kappa shape index (κ1) is 17.4. The number of carbonyl (C=O) groups excluding carboxylic acids is 1. The highest BCUT2D eigenvalue weighted by Gasteiger charge is 2.11. The summed E-state index contributed by atoms with van der Waals surface area (Å²) in [5.74, 6) is 0.558. The van der Waals surface area contributed by atoms with E-state index in [9.17, 15) is 4.79 Å². The number of hydrogen-bond donors (Lipinski definition) is 0. The summed E-state index contributed by atoms with van der Waals surface area (Å²) in [6.07, 6.45) is 0.233. The lowest BCUT2D eigenvalue weighted by Gasteiger charge is -2.07. The van der Waals surface area contributed by atoms with Crippen LogP contribution in [0.25, 0.3) is 10.2 Å². The predicted molar refractivity (Wildman–Crippen MR) is 102 cm³/mol. The number of fused-ring (bicyclic) bond motifs is 1. The maximum Gasteiger partial charge on any atom is 0.252 e. The molecule has 3 aromatic rings. The lowest BCUT2D eigenvalue weighted by molar-refractivity contribution is -0.117. The molecule has 1 amide bonds. The Balaban J connectivity index is 2.02. The lowest BCUT2D eigenvalue weighted by Crippen LogP contribution is -2.14. The monoisotopic (exact) mass is 354 g/mol. The molecule has 5 heteroatoms. The highest BCUT2D eigenvalue weighted by atomic mass is 32.1. The number of aromatic nitrogens is 1. The van der Waals surface area contributed by atoms with Crippen molar-refractivity contribution in [3.8, 4) is 5.75 Å². The number of aryl methyl sites for hydroxylation is 4. The average Bonchev–Trinajstić information content (AvgIpc) is 2.89. The number of rotatable bonds is 3. The highest BCUT2D eigenvalue weighted by Crippen LogP contribution is 2.24. The summed E-state index contributed by atoms with van der Waals surface area (Å²) in [6.45, 7) is 6.17. The van der Waals surface area contributed by atoms with Gasteiger partial charge in [0.15, 0.2) is 4.80 Å². The van der Waals surface area contributed by atoms with E-state index in [2.05, 4.69) is 31.0 Å². The van der Waals surface area contributed by atoms with Crippen LogP contribution in [0.4, 0.5) is 0 Å². The van der Waals surface area contributed by atoms with Gasteiger partial charge in [0.2, 0.25) is 0 Å². The van der Waals surface area contributed by atoms with Crippen LogP contribution < -0.4 is 9.54 Å². The maximum absolute atomic E-state index is 12.5. The number of benzene rings is 2. The number of nitrogens with zero attached hydrogens (tertiary/aromatic N) is 2. The van der Waals surface area contributed by atoms with Crippen molar-refractivity contribution >= 4 is 27.5 Å². The Bertz CT molecular complexity index is 1030. The molecule has 0 aliphatic heterocycles. The third-order valence-electron chi connectivity index (χ3n) is 4.34. The molecule has 25 heavy (non-hydrogen) atoms. The number of thiazole rings is 1. The molecule has 1 aromatic heterocycles. The molecule has 0 spiro atoms. The zero-order valence-corrected chi connectivity index (χ0v) is 16.0. The molecule has 0 unspecified atom stereocenters. The summed E-state index contributed by atoms with van der Waals surface area (Å²) >= 11 is 1.56. The van der Waals surface area contributed by atoms with E-state index in [0.29, 0.717) is 0 Å². The maximum atomic E-state index is 12.5. The van der Waals surface area contributed by atoms with E-state index in [0.717, 1.165) is 27.2 Å². The second kappa shape index (κ2) is 6.84. The summed E-state index contributed by atoms with van der Waals surface area (Å²) in [4.78, 5) is 17.6. The fourth-order valence-corrected chi connectivity index (χ4v) is 4.21. The molecule has 0 saturated heterocycles. The van der Waals surface area contributed by atoms with E-state index in [4.69, 9.17) is 4.74 Å². The molecule has 0 bridgehead atoms. The predicted octanol–water partition coefficient (Wildman–Crippen LogP) is 3.84. The summed E-state index contributed by atoms with van der Waals surface area (Å²) in [5, 5.41) is 0. The SMILES string of the molecule is COc1ccc(C)cc1CC(=O)N=c1sc2c(C)ccc(C)c2n1C. The molecule has 4 nitrogen and oxygen atoms in total. The number of ether oxygens (including phenoxy) is 1. The average molecular weight is 354 g/mol. The van der Waals surface area contributed by atoms with Crippen LogP contribution in [-0.4, -0.2) is 17.6 Å². The second-order valence-corrected chi connectivity index (χ2v) is 7.30. The van der Waals surface area contributed by atoms with Gasteiger partial charge in [-0.1, -0.05) is 41.2 Å². The van der Waals surface area contributed by atoms with Crippen molar-refractivity contribution in [3.63, 3.8) is 0 Å². The van der Waals surface area contributed by atoms with E-state index in [1.807, 2.05) is 36.7 Å². The van der Waals surface area contributed by atoms with Gasteiger partial charge in [0.1, 0.15) is 5.75 Å². The second-order valence-electron chi connectivity index (χ2n) is 6.32. The first-order chi connectivity index (χ1) is 11.9. The van der Waals surface area contributed by atoms with Crippen LogP contribution >= 0.6 is 11.3 Å². The third kappa shape index (κ3) is 3.37. The van der Waals surface area contributed by atoms with Gasteiger partial charge in [0, 0.05) is 12.6 Å². The van der Waals surface area contributed by atoms with Crippen LogP contribution in [0.2, 0.25) is 0 Å². The fraction of sp³-hybridized carbons (Fsp3) is 0.300. The van der Waals surface area contributed by atoms with Gasteiger partial charge in [0.05, 0.1) is 23.7 Å². The first-order valence-corrected chi connectivity index (χ1v) is 8.99. The summed E-state index contributed by atoms with van der Waals surface area (Å²) < 4.78 is 8.55. The topological polar surface area (TPSA) is 43.6 Å². The molecule has 0 atom stereocenters. The molecular formula is C20H22N2O2S. The molecule has 0 aliphatic carbocycles. The number of methoxy groups -OCH3 is 1. The van der Waals surface area contributed by atoms with Crippen LogP contribution in [0.15, 0.2) is 35.3 Å². The largest absolute Gasteiger partial charge is 0.496 e. The Morgan fingerprint density at radius 2 is 1.88 bits per heavy atom. The molecule has 0 N–H and O–H groups in total. The van der Waals surface area contributed by atoms with Crippen molar-refractivity contribution in [3.05, 3.63) is 57.4 Å². The van der Waals surface area contributed by atoms with Gasteiger partial charge < -0.3 is 9.30 Å². The Hall–Kier alpha value is -2.40. The Morgan fingerprint density at radius 1 is 1.16 bits per heavy atom. The third-order valence-corrected chi connectivity index (χ3v) is 5.61. The van der Waals surface area contributed by atoms with Crippen LogP contribution in [0.3, 0.4) is 0 Å². The Kier molecular flexibility index (Phi) is 4.77. The molecule has 0 aliphatic rings. The van der Waals surface area contributed by atoms with Crippen molar-refractivity contribution in [1.29, 1.82) is 0 Å². The first-order valence-electron chi connectivity index (χ1n) is 8.17. The molecule has 0 radical (unpaired) electrons. The molecule has 130 valence electrons. The minimum Gasteiger partial charge on any atom is -0.496 e. The van der Waals surface area contributed by atoms with Gasteiger partial charge in [-0.25, -0.2) is 0 Å².